The van der Waals surface area contributed by atoms with E-state index >= 15 is 0 Å². The number of nitrogens with zero attached hydrogens (tertiary/aromatic N) is 1. The van der Waals surface area contributed by atoms with Crippen molar-refractivity contribution < 1.29 is 4.79 Å². The van der Waals surface area contributed by atoms with Crippen molar-refractivity contribution in [1.29, 1.82) is 0 Å². The van der Waals surface area contributed by atoms with E-state index in [1.54, 1.807) is 0 Å². The molecule has 3 nitrogen and oxygen atoms in total. The minimum absolute atomic E-state index is 0.0885. The highest BCUT2D eigenvalue weighted by Crippen LogP contribution is 2.26. The van der Waals surface area contributed by atoms with Gasteiger partial charge in [-0.25, -0.2) is 0 Å². The van der Waals surface area contributed by atoms with Gasteiger partial charge in [-0.2, -0.15) is 0 Å². The molecule has 0 saturated heterocycles. The van der Waals surface area contributed by atoms with Crippen LogP contribution in [0.1, 0.15) is 48.5 Å². The number of anilines is 1. The molecule has 0 aromatic heterocycles. The summed E-state index contributed by atoms with van der Waals surface area (Å²) in [6.45, 7) is 4.75. The summed E-state index contributed by atoms with van der Waals surface area (Å²) in [6, 6.07) is 6.09. The van der Waals surface area contributed by atoms with Crippen LogP contribution in [-0.4, -0.2) is 23.4 Å². The predicted molar refractivity (Wildman–Crippen MR) is 74.6 cm³/mol. The maximum absolute atomic E-state index is 12.6. The minimum atomic E-state index is 0.0885. The smallest absolute Gasteiger partial charge is 0.256 e. The number of carbonyl (C=O) groups is 1. The standard InChI is InChI=1S/C15H22N2O/c1-3-17(12-8-4-5-9-12)15(18)13-10-6-7-11(2)14(13)16/h6-7,10,12H,3-5,8-9,16H2,1-2H3. The number of hydrogen-bond acceptors (Lipinski definition) is 2. The Bertz CT molecular complexity index is 436. The van der Waals surface area contributed by atoms with E-state index < -0.39 is 0 Å². The molecular weight excluding hydrogens is 224 g/mol. The molecule has 18 heavy (non-hydrogen) atoms. The van der Waals surface area contributed by atoms with E-state index in [9.17, 15) is 4.79 Å². The van der Waals surface area contributed by atoms with Gasteiger partial charge in [0.25, 0.3) is 5.91 Å². The lowest BCUT2D eigenvalue weighted by Crippen LogP contribution is -2.39. The number of nitrogens with two attached hydrogens (primary N) is 1. The Kier molecular flexibility index (Phi) is 3.90. The third-order valence-corrected chi connectivity index (χ3v) is 3.92. The Hall–Kier alpha value is -1.51. The van der Waals surface area contributed by atoms with Gasteiger partial charge < -0.3 is 10.6 Å². The van der Waals surface area contributed by atoms with Crippen LogP contribution in [0.15, 0.2) is 18.2 Å². The van der Waals surface area contributed by atoms with E-state index in [1.807, 2.05) is 36.9 Å². The van der Waals surface area contributed by atoms with Crippen LogP contribution in [0.3, 0.4) is 0 Å². The van der Waals surface area contributed by atoms with Crippen LogP contribution in [-0.2, 0) is 0 Å². The second-order valence-corrected chi connectivity index (χ2v) is 5.07. The highest BCUT2D eigenvalue weighted by Gasteiger charge is 2.27. The van der Waals surface area contributed by atoms with Gasteiger partial charge in [-0.05, 0) is 38.3 Å². The first-order chi connectivity index (χ1) is 8.65. The van der Waals surface area contributed by atoms with E-state index in [0.29, 0.717) is 17.3 Å². The maximum atomic E-state index is 12.6. The number of rotatable bonds is 3. The lowest BCUT2D eigenvalue weighted by molar-refractivity contribution is 0.0694. The molecule has 0 aliphatic heterocycles. The van der Waals surface area contributed by atoms with Crippen LogP contribution in [0.5, 0.6) is 0 Å². The number of amides is 1. The van der Waals surface area contributed by atoms with Crippen molar-refractivity contribution in [2.75, 3.05) is 12.3 Å². The van der Waals surface area contributed by atoms with Crippen molar-refractivity contribution >= 4 is 11.6 Å². The summed E-state index contributed by atoms with van der Waals surface area (Å²) < 4.78 is 0. The van der Waals surface area contributed by atoms with Crippen molar-refractivity contribution in [2.45, 2.75) is 45.6 Å². The SMILES string of the molecule is CCN(C(=O)c1cccc(C)c1N)C1CCCC1. The van der Waals surface area contributed by atoms with Gasteiger partial charge in [0.05, 0.1) is 5.56 Å². The van der Waals surface area contributed by atoms with E-state index in [0.717, 1.165) is 24.9 Å². The average molecular weight is 246 g/mol. The van der Waals surface area contributed by atoms with Gasteiger partial charge in [0, 0.05) is 18.3 Å². The van der Waals surface area contributed by atoms with E-state index in [4.69, 9.17) is 5.73 Å². The molecule has 0 unspecified atom stereocenters. The molecule has 1 aliphatic carbocycles. The van der Waals surface area contributed by atoms with Crippen LogP contribution in [0.25, 0.3) is 0 Å². The Morgan fingerprint density at radius 1 is 1.39 bits per heavy atom. The summed E-state index contributed by atoms with van der Waals surface area (Å²) in [5.41, 5.74) is 8.28. The van der Waals surface area contributed by atoms with Gasteiger partial charge in [0.15, 0.2) is 0 Å². The second kappa shape index (κ2) is 5.42. The molecular formula is C15H22N2O. The van der Waals surface area contributed by atoms with Crippen LogP contribution in [0.2, 0.25) is 0 Å². The van der Waals surface area contributed by atoms with Crippen LogP contribution in [0, 0.1) is 6.92 Å². The number of nitrogen functional groups attached to an aromatic ring is 1. The molecule has 98 valence electrons. The summed E-state index contributed by atoms with van der Waals surface area (Å²) in [7, 11) is 0. The van der Waals surface area contributed by atoms with Crippen molar-refractivity contribution in [1.82, 2.24) is 4.90 Å². The molecule has 3 heteroatoms. The van der Waals surface area contributed by atoms with Crippen LogP contribution in [0.4, 0.5) is 5.69 Å². The summed E-state index contributed by atoms with van der Waals surface area (Å²) >= 11 is 0. The van der Waals surface area contributed by atoms with Crippen molar-refractivity contribution in [3.05, 3.63) is 29.3 Å². The van der Waals surface area contributed by atoms with E-state index in [2.05, 4.69) is 0 Å². The molecule has 0 spiro atoms. The summed E-state index contributed by atoms with van der Waals surface area (Å²) in [5, 5.41) is 0. The van der Waals surface area contributed by atoms with Gasteiger partial charge in [-0.15, -0.1) is 0 Å². The number of para-hydroxylation sites is 1. The van der Waals surface area contributed by atoms with Crippen LogP contribution < -0.4 is 5.73 Å². The summed E-state index contributed by atoms with van der Waals surface area (Å²) in [4.78, 5) is 14.6. The molecule has 0 radical (unpaired) electrons. The molecule has 0 bridgehead atoms. The highest BCUT2D eigenvalue weighted by atomic mass is 16.2. The van der Waals surface area contributed by atoms with Gasteiger partial charge in [-0.3, -0.25) is 4.79 Å². The number of hydrogen-bond donors (Lipinski definition) is 1. The zero-order valence-corrected chi connectivity index (χ0v) is 11.3. The van der Waals surface area contributed by atoms with E-state index in [-0.39, 0.29) is 5.91 Å². The van der Waals surface area contributed by atoms with Crippen LogP contribution >= 0.6 is 0 Å². The number of aryl methyl sites for hydroxylation is 1. The number of benzene rings is 1. The Balaban J connectivity index is 2.25. The molecule has 1 saturated carbocycles. The maximum Gasteiger partial charge on any atom is 0.256 e. The van der Waals surface area contributed by atoms with Gasteiger partial charge in [-0.1, -0.05) is 25.0 Å². The van der Waals surface area contributed by atoms with Gasteiger partial charge >= 0.3 is 0 Å². The monoisotopic (exact) mass is 246 g/mol. The summed E-state index contributed by atoms with van der Waals surface area (Å²) in [5.74, 6) is 0.0885. The zero-order valence-electron chi connectivity index (χ0n) is 11.3. The van der Waals surface area contributed by atoms with Gasteiger partial charge in [0.2, 0.25) is 0 Å². The molecule has 1 aromatic rings. The quantitative estimate of drug-likeness (QED) is 0.833. The first-order valence-electron chi connectivity index (χ1n) is 6.81. The fourth-order valence-corrected chi connectivity index (χ4v) is 2.81. The average Bonchev–Trinajstić information content (AvgIpc) is 2.87. The number of carbonyl (C=O) groups excluding carboxylic acids is 1. The third kappa shape index (κ3) is 2.35. The molecule has 2 N–H and O–H groups in total. The molecule has 1 aliphatic rings. The zero-order chi connectivity index (χ0) is 13.1. The second-order valence-electron chi connectivity index (χ2n) is 5.07. The fraction of sp³-hybridized carbons (Fsp3) is 0.533. The Labute approximate surface area is 109 Å². The van der Waals surface area contributed by atoms with Crippen molar-refractivity contribution in [3.8, 4) is 0 Å². The van der Waals surface area contributed by atoms with E-state index in [1.165, 1.54) is 12.8 Å². The minimum Gasteiger partial charge on any atom is -0.398 e. The molecule has 0 atom stereocenters. The van der Waals surface area contributed by atoms with Crippen molar-refractivity contribution in [2.24, 2.45) is 0 Å². The normalized spacial score (nSPS) is 15.9. The summed E-state index contributed by atoms with van der Waals surface area (Å²) in [6.07, 6.45) is 4.73. The highest BCUT2D eigenvalue weighted by molar-refractivity contribution is 5.99. The Morgan fingerprint density at radius 2 is 2.06 bits per heavy atom. The first kappa shape index (κ1) is 12.9. The molecule has 1 aromatic carbocycles. The molecule has 1 fully saturated rings. The fourth-order valence-electron chi connectivity index (χ4n) is 2.81. The van der Waals surface area contributed by atoms with Crippen molar-refractivity contribution in [3.63, 3.8) is 0 Å². The molecule has 0 heterocycles. The molecule has 1 amide bonds. The lowest BCUT2D eigenvalue weighted by atomic mass is 10.1. The third-order valence-electron chi connectivity index (χ3n) is 3.92. The molecule has 2 rings (SSSR count). The van der Waals surface area contributed by atoms with Gasteiger partial charge in [0.1, 0.15) is 0 Å². The Morgan fingerprint density at radius 3 is 2.67 bits per heavy atom. The topological polar surface area (TPSA) is 46.3 Å². The first-order valence-corrected chi connectivity index (χ1v) is 6.81. The predicted octanol–water partition coefficient (Wildman–Crippen LogP) is 2.98. The largest absolute Gasteiger partial charge is 0.398 e. The lowest BCUT2D eigenvalue weighted by Gasteiger charge is -2.28.